The van der Waals surface area contributed by atoms with E-state index in [0.29, 0.717) is 16.5 Å². The molecule has 0 spiro atoms. The molecule has 0 radical (unpaired) electrons. The maximum atomic E-state index is 11.4. The predicted octanol–water partition coefficient (Wildman–Crippen LogP) is 1.97. The molecule has 108 valence electrons. The lowest BCUT2D eigenvalue weighted by atomic mass is 9.97. The maximum absolute atomic E-state index is 11.4. The number of thiocarbonyl (C=S) groups is 1. The van der Waals surface area contributed by atoms with Crippen molar-refractivity contribution in [2.45, 2.75) is 19.4 Å². The number of likely N-dealkylation sites (tertiary alicyclic amines) is 1. The summed E-state index contributed by atoms with van der Waals surface area (Å²) in [6.45, 7) is 2.85. The van der Waals surface area contributed by atoms with E-state index in [1.807, 2.05) is 12.1 Å². The summed E-state index contributed by atoms with van der Waals surface area (Å²) in [6.07, 6.45) is 2.22. The van der Waals surface area contributed by atoms with Crippen LogP contribution in [0.15, 0.2) is 24.3 Å². The van der Waals surface area contributed by atoms with E-state index in [2.05, 4.69) is 9.64 Å². The number of esters is 1. The Hall–Kier alpha value is -1.46. The Bertz CT molecular complexity index is 487. The number of ether oxygens (including phenoxy) is 1. The van der Waals surface area contributed by atoms with Gasteiger partial charge in [0.05, 0.1) is 17.7 Å². The zero-order valence-electron chi connectivity index (χ0n) is 11.7. The Morgan fingerprint density at radius 3 is 2.75 bits per heavy atom. The molecule has 2 rings (SSSR count). The Balaban J connectivity index is 1.96. The highest BCUT2D eigenvalue weighted by Gasteiger charge is 2.21. The Kier molecular flexibility index (Phi) is 5.09. The van der Waals surface area contributed by atoms with Gasteiger partial charge in [-0.2, -0.15) is 0 Å². The van der Waals surface area contributed by atoms with Gasteiger partial charge < -0.3 is 10.5 Å². The minimum Gasteiger partial charge on any atom is -0.465 e. The van der Waals surface area contributed by atoms with Crippen LogP contribution in [0.2, 0.25) is 0 Å². The van der Waals surface area contributed by atoms with Gasteiger partial charge >= 0.3 is 5.97 Å². The molecule has 1 aliphatic heterocycles. The van der Waals surface area contributed by atoms with Gasteiger partial charge in [0.15, 0.2) is 0 Å². The molecule has 0 aliphatic carbocycles. The van der Waals surface area contributed by atoms with Gasteiger partial charge in [0.25, 0.3) is 0 Å². The second-order valence-electron chi connectivity index (χ2n) is 5.17. The molecular formula is C15H20N2O2S. The first kappa shape index (κ1) is 14.9. The summed E-state index contributed by atoms with van der Waals surface area (Å²) in [6, 6.07) is 7.54. The molecule has 1 aromatic rings. The van der Waals surface area contributed by atoms with Crippen molar-refractivity contribution in [2.24, 2.45) is 11.7 Å². The summed E-state index contributed by atoms with van der Waals surface area (Å²) in [4.78, 5) is 14.4. The van der Waals surface area contributed by atoms with Crippen molar-refractivity contribution in [3.63, 3.8) is 0 Å². The molecule has 1 unspecified atom stereocenters. The molecule has 1 fully saturated rings. The summed E-state index contributed by atoms with van der Waals surface area (Å²) >= 11 is 5.09. The molecule has 1 atom stereocenters. The molecule has 1 saturated heterocycles. The van der Waals surface area contributed by atoms with Crippen molar-refractivity contribution < 1.29 is 9.53 Å². The van der Waals surface area contributed by atoms with Gasteiger partial charge in [0, 0.05) is 19.0 Å². The minimum atomic E-state index is -0.303. The molecule has 0 bridgehead atoms. The molecule has 1 aromatic carbocycles. The molecule has 1 aliphatic rings. The van der Waals surface area contributed by atoms with Gasteiger partial charge in [-0.3, -0.25) is 4.90 Å². The number of benzene rings is 1. The number of hydrogen-bond donors (Lipinski definition) is 1. The predicted molar refractivity (Wildman–Crippen MR) is 82.6 cm³/mol. The maximum Gasteiger partial charge on any atom is 0.337 e. The van der Waals surface area contributed by atoms with Gasteiger partial charge in [-0.25, -0.2) is 4.79 Å². The van der Waals surface area contributed by atoms with Crippen molar-refractivity contribution in [1.82, 2.24) is 4.90 Å². The van der Waals surface area contributed by atoms with Crippen molar-refractivity contribution in [3.8, 4) is 0 Å². The summed E-state index contributed by atoms with van der Waals surface area (Å²) in [7, 11) is 1.39. The van der Waals surface area contributed by atoms with Gasteiger partial charge in [-0.1, -0.05) is 24.4 Å². The van der Waals surface area contributed by atoms with Gasteiger partial charge in [0.2, 0.25) is 0 Å². The van der Waals surface area contributed by atoms with Crippen molar-refractivity contribution in [3.05, 3.63) is 35.4 Å². The summed E-state index contributed by atoms with van der Waals surface area (Å²) in [5.41, 5.74) is 7.51. The zero-order valence-corrected chi connectivity index (χ0v) is 12.5. The second-order valence-corrected chi connectivity index (χ2v) is 5.64. The summed E-state index contributed by atoms with van der Waals surface area (Å²) < 4.78 is 4.69. The third kappa shape index (κ3) is 3.77. The molecule has 5 heteroatoms. The van der Waals surface area contributed by atoms with Crippen LogP contribution in [0.5, 0.6) is 0 Å². The number of piperidine rings is 1. The molecule has 4 nitrogen and oxygen atoms in total. The molecular weight excluding hydrogens is 272 g/mol. The molecule has 20 heavy (non-hydrogen) atoms. The van der Waals surface area contributed by atoms with E-state index in [0.717, 1.165) is 32.5 Å². The molecule has 2 N–H and O–H groups in total. The minimum absolute atomic E-state index is 0.303. The van der Waals surface area contributed by atoms with Crippen LogP contribution in [0.25, 0.3) is 0 Å². The highest BCUT2D eigenvalue weighted by Crippen LogP contribution is 2.19. The van der Waals surface area contributed by atoms with Crippen molar-refractivity contribution in [2.75, 3.05) is 20.2 Å². The van der Waals surface area contributed by atoms with Crippen molar-refractivity contribution >= 4 is 23.2 Å². The van der Waals surface area contributed by atoms with Crippen LogP contribution in [0.4, 0.5) is 0 Å². The van der Waals surface area contributed by atoms with Crippen LogP contribution >= 0.6 is 12.2 Å². The van der Waals surface area contributed by atoms with Crippen LogP contribution < -0.4 is 5.73 Å². The second kappa shape index (κ2) is 6.81. The van der Waals surface area contributed by atoms with Crippen LogP contribution in [-0.2, 0) is 11.3 Å². The fraction of sp³-hybridized carbons (Fsp3) is 0.467. The fourth-order valence-corrected chi connectivity index (χ4v) is 2.75. The van der Waals surface area contributed by atoms with Crippen LogP contribution in [-0.4, -0.2) is 36.1 Å². The van der Waals surface area contributed by atoms with E-state index in [-0.39, 0.29) is 5.97 Å². The average Bonchev–Trinajstić information content (AvgIpc) is 2.47. The van der Waals surface area contributed by atoms with E-state index in [1.54, 1.807) is 12.1 Å². The summed E-state index contributed by atoms with van der Waals surface area (Å²) in [5, 5.41) is 0. The van der Waals surface area contributed by atoms with Gasteiger partial charge in [-0.15, -0.1) is 0 Å². The van der Waals surface area contributed by atoms with Gasteiger partial charge in [0.1, 0.15) is 0 Å². The fourth-order valence-electron chi connectivity index (χ4n) is 2.55. The number of nitrogens with zero attached hydrogens (tertiary/aromatic N) is 1. The number of nitrogens with two attached hydrogens (primary N) is 1. The molecule has 1 heterocycles. The lowest BCUT2D eigenvalue weighted by Crippen LogP contribution is -2.39. The largest absolute Gasteiger partial charge is 0.465 e. The average molecular weight is 292 g/mol. The van der Waals surface area contributed by atoms with Gasteiger partial charge in [-0.05, 0) is 37.1 Å². The monoisotopic (exact) mass is 292 g/mol. The Morgan fingerprint density at radius 1 is 1.45 bits per heavy atom. The zero-order chi connectivity index (χ0) is 14.5. The van der Waals surface area contributed by atoms with E-state index in [1.165, 1.54) is 12.7 Å². The van der Waals surface area contributed by atoms with E-state index in [9.17, 15) is 4.79 Å². The first-order valence-electron chi connectivity index (χ1n) is 6.79. The van der Waals surface area contributed by atoms with E-state index >= 15 is 0 Å². The smallest absolute Gasteiger partial charge is 0.337 e. The lowest BCUT2D eigenvalue weighted by Gasteiger charge is -2.32. The van der Waals surface area contributed by atoms with E-state index < -0.39 is 0 Å². The number of hydrogen-bond acceptors (Lipinski definition) is 4. The Morgan fingerprint density at radius 2 is 2.15 bits per heavy atom. The molecule has 0 aromatic heterocycles. The normalized spacial score (nSPS) is 19.6. The SMILES string of the molecule is COC(=O)c1ccc(CN2CCCC(C(N)=S)C2)cc1. The highest BCUT2D eigenvalue weighted by atomic mass is 32.1. The number of carbonyl (C=O) groups excluding carboxylic acids is 1. The number of rotatable bonds is 4. The topological polar surface area (TPSA) is 55.6 Å². The Labute approximate surface area is 124 Å². The van der Waals surface area contributed by atoms with Crippen LogP contribution in [0, 0.1) is 5.92 Å². The molecule has 0 saturated carbocycles. The highest BCUT2D eigenvalue weighted by molar-refractivity contribution is 7.80. The lowest BCUT2D eigenvalue weighted by molar-refractivity contribution is 0.0600. The van der Waals surface area contributed by atoms with E-state index in [4.69, 9.17) is 18.0 Å². The first-order chi connectivity index (χ1) is 9.60. The standard InChI is InChI=1S/C15H20N2O2S/c1-19-15(18)12-6-4-11(5-7-12)9-17-8-2-3-13(10-17)14(16)20/h4-7,13H,2-3,8-10H2,1H3,(H2,16,20). The quantitative estimate of drug-likeness (QED) is 0.679. The van der Waals surface area contributed by atoms with Crippen LogP contribution in [0.3, 0.4) is 0 Å². The van der Waals surface area contributed by atoms with Crippen molar-refractivity contribution in [1.29, 1.82) is 0 Å². The third-order valence-electron chi connectivity index (χ3n) is 3.69. The summed E-state index contributed by atoms with van der Waals surface area (Å²) in [5.74, 6) is 0.0242. The molecule has 0 amide bonds. The number of methoxy groups -OCH3 is 1. The first-order valence-corrected chi connectivity index (χ1v) is 7.20. The number of carbonyl (C=O) groups is 1. The third-order valence-corrected chi connectivity index (χ3v) is 4.02. The van der Waals surface area contributed by atoms with Crippen LogP contribution in [0.1, 0.15) is 28.8 Å².